The van der Waals surface area contributed by atoms with Crippen molar-refractivity contribution in [3.8, 4) is 0 Å². The van der Waals surface area contributed by atoms with Gasteiger partial charge in [0, 0.05) is 38.7 Å². The van der Waals surface area contributed by atoms with Gasteiger partial charge >= 0.3 is 0 Å². The number of aromatic nitrogens is 2. The Balaban J connectivity index is 1.46. The number of hydrogen-bond acceptors (Lipinski definition) is 6. The largest absolute Gasteiger partial charge is 0.367 e. The van der Waals surface area contributed by atoms with E-state index in [1.54, 1.807) is 6.07 Å². The lowest BCUT2D eigenvalue weighted by molar-refractivity contribution is -0.134. The first-order valence-electron chi connectivity index (χ1n) is 10.3. The van der Waals surface area contributed by atoms with E-state index in [4.69, 9.17) is 11.6 Å². The molecule has 2 amide bonds. The average molecular weight is 466 g/mol. The molecular formula is C21H22ClF2N5O3. The topological polar surface area (TPSA) is 87.5 Å². The Kier molecular flexibility index (Phi) is 6.40. The number of halogens is 3. The van der Waals surface area contributed by atoms with Crippen LogP contribution in [-0.4, -0.2) is 54.0 Å². The van der Waals surface area contributed by atoms with Crippen molar-refractivity contribution in [3.63, 3.8) is 0 Å². The van der Waals surface area contributed by atoms with Crippen LogP contribution in [0.3, 0.4) is 0 Å². The number of carbonyl (C=O) groups is 2. The number of benzene rings is 1. The highest BCUT2D eigenvalue weighted by Gasteiger charge is 2.31. The maximum atomic E-state index is 12.5. The van der Waals surface area contributed by atoms with Crippen molar-refractivity contribution in [2.75, 3.05) is 36.0 Å². The first-order chi connectivity index (χ1) is 15.3. The highest BCUT2D eigenvalue weighted by molar-refractivity contribution is 6.34. The Hall–Kier alpha value is -3.01. The first-order valence-corrected chi connectivity index (χ1v) is 10.7. The summed E-state index contributed by atoms with van der Waals surface area (Å²) in [6, 6.07) is 6.81. The zero-order chi connectivity index (χ0) is 22.8. The van der Waals surface area contributed by atoms with Crippen LogP contribution in [0, 0.1) is 0 Å². The van der Waals surface area contributed by atoms with E-state index in [0.717, 1.165) is 16.6 Å². The summed E-state index contributed by atoms with van der Waals surface area (Å²) in [5, 5.41) is 2.85. The molecule has 0 spiro atoms. The van der Waals surface area contributed by atoms with Gasteiger partial charge in [0.05, 0.1) is 23.2 Å². The second-order valence-corrected chi connectivity index (χ2v) is 8.16. The van der Waals surface area contributed by atoms with Gasteiger partial charge in [-0.15, -0.1) is 0 Å². The fraction of sp³-hybridized carbons (Fsp3) is 0.429. The standard InChI is InChI=1S/C21H22ClF2N5O3/c22-20-13(14-4-5-18(30)26-21(14)32)2-1-3-15(20)27-6-8-28(9-7-27)17-10-19(31)29(12-25-17)11-16(23)24/h1-3,10,12,14,16H,4-9,11H2,(H,26,30,32). The number of hydrogen-bond donors (Lipinski definition) is 1. The molecule has 0 saturated carbocycles. The lowest BCUT2D eigenvalue weighted by Crippen LogP contribution is -2.47. The zero-order valence-corrected chi connectivity index (χ0v) is 17.9. The smallest absolute Gasteiger partial charge is 0.256 e. The van der Waals surface area contributed by atoms with Crippen LogP contribution in [0.25, 0.3) is 0 Å². The molecule has 32 heavy (non-hydrogen) atoms. The van der Waals surface area contributed by atoms with Crippen LogP contribution in [0.4, 0.5) is 20.3 Å². The van der Waals surface area contributed by atoms with Crippen LogP contribution in [-0.2, 0) is 16.1 Å². The van der Waals surface area contributed by atoms with Crippen LogP contribution < -0.4 is 20.7 Å². The summed E-state index contributed by atoms with van der Waals surface area (Å²) in [6.07, 6.45) is -0.774. The number of alkyl halides is 2. The van der Waals surface area contributed by atoms with Gasteiger partial charge in [0.1, 0.15) is 12.1 Å². The van der Waals surface area contributed by atoms with Crippen LogP contribution in [0.1, 0.15) is 24.3 Å². The number of piperazine rings is 1. The van der Waals surface area contributed by atoms with Crippen molar-refractivity contribution < 1.29 is 18.4 Å². The fourth-order valence-corrected chi connectivity index (χ4v) is 4.47. The van der Waals surface area contributed by atoms with Crippen molar-refractivity contribution >= 4 is 34.9 Å². The summed E-state index contributed by atoms with van der Waals surface area (Å²) in [4.78, 5) is 43.9. The molecule has 2 aromatic rings. The molecule has 1 aromatic heterocycles. The number of nitrogens with one attached hydrogen (secondary N) is 1. The van der Waals surface area contributed by atoms with Crippen LogP contribution in [0.15, 0.2) is 35.4 Å². The van der Waals surface area contributed by atoms with Gasteiger partial charge in [0.25, 0.3) is 12.0 Å². The summed E-state index contributed by atoms with van der Waals surface area (Å²) in [6.45, 7) is 1.64. The number of nitrogens with zero attached hydrogens (tertiary/aromatic N) is 4. The van der Waals surface area contributed by atoms with Gasteiger partial charge in [-0.3, -0.25) is 24.3 Å². The van der Waals surface area contributed by atoms with Crippen molar-refractivity contribution in [3.05, 3.63) is 51.5 Å². The monoisotopic (exact) mass is 465 g/mol. The molecule has 8 nitrogen and oxygen atoms in total. The lowest BCUT2D eigenvalue weighted by atomic mass is 9.90. The van der Waals surface area contributed by atoms with E-state index in [1.165, 1.54) is 6.07 Å². The zero-order valence-electron chi connectivity index (χ0n) is 17.1. The predicted molar refractivity (Wildman–Crippen MR) is 116 cm³/mol. The number of amides is 2. The number of anilines is 2. The minimum Gasteiger partial charge on any atom is -0.367 e. The van der Waals surface area contributed by atoms with Crippen LogP contribution in [0.2, 0.25) is 5.02 Å². The lowest BCUT2D eigenvalue weighted by Gasteiger charge is -2.37. The number of rotatable bonds is 5. The maximum absolute atomic E-state index is 12.5. The molecule has 0 bridgehead atoms. The molecule has 1 N–H and O–H groups in total. The molecule has 0 radical (unpaired) electrons. The molecule has 1 atom stereocenters. The first kappa shape index (κ1) is 22.2. The van der Waals surface area contributed by atoms with Gasteiger partial charge in [0.2, 0.25) is 11.8 Å². The maximum Gasteiger partial charge on any atom is 0.256 e. The third-order valence-electron chi connectivity index (χ3n) is 5.77. The third kappa shape index (κ3) is 4.59. The van der Waals surface area contributed by atoms with Gasteiger partial charge in [-0.05, 0) is 18.1 Å². The Labute approximate surface area is 187 Å². The number of piperidine rings is 1. The summed E-state index contributed by atoms with van der Waals surface area (Å²) in [5.41, 5.74) is 0.979. The van der Waals surface area contributed by atoms with Crippen molar-refractivity contribution in [2.45, 2.75) is 31.7 Å². The number of carbonyl (C=O) groups excluding carboxylic acids is 2. The second-order valence-electron chi connectivity index (χ2n) is 7.79. The highest BCUT2D eigenvalue weighted by Crippen LogP contribution is 2.37. The molecule has 2 saturated heterocycles. The predicted octanol–water partition coefficient (Wildman–Crippen LogP) is 2.01. The molecule has 170 valence electrons. The molecule has 11 heteroatoms. The Morgan fingerprint density at radius 2 is 1.84 bits per heavy atom. The second kappa shape index (κ2) is 9.23. The van der Waals surface area contributed by atoms with E-state index in [-0.39, 0.29) is 18.2 Å². The highest BCUT2D eigenvalue weighted by atomic mass is 35.5. The van der Waals surface area contributed by atoms with E-state index in [9.17, 15) is 23.2 Å². The van der Waals surface area contributed by atoms with Crippen molar-refractivity contribution in [1.29, 1.82) is 0 Å². The molecule has 1 aromatic carbocycles. The van der Waals surface area contributed by atoms with Gasteiger partial charge in [-0.25, -0.2) is 13.8 Å². The Morgan fingerprint density at radius 1 is 1.12 bits per heavy atom. The van der Waals surface area contributed by atoms with E-state index in [1.807, 2.05) is 17.0 Å². The van der Waals surface area contributed by atoms with Gasteiger partial charge in [-0.2, -0.15) is 0 Å². The SMILES string of the molecule is O=C1CCC(c2cccc(N3CCN(c4cc(=O)n(CC(F)F)cn4)CC3)c2Cl)C(=O)N1. The van der Waals surface area contributed by atoms with E-state index in [0.29, 0.717) is 49.0 Å². The molecule has 4 rings (SSSR count). The Bertz CT molecular complexity index is 1090. The summed E-state index contributed by atoms with van der Waals surface area (Å²) in [7, 11) is 0. The molecule has 2 aliphatic rings. The summed E-state index contributed by atoms with van der Waals surface area (Å²) >= 11 is 6.67. The van der Waals surface area contributed by atoms with Crippen LogP contribution in [0.5, 0.6) is 0 Å². The quantitative estimate of drug-likeness (QED) is 0.680. The van der Waals surface area contributed by atoms with Gasteiger partial charge < -0.3 is 9.80 Å². The van der Waals surface area contributed by atoms with E-state index in [2.05, 4.69) is 15.2 Å². The molecular weight excluding hydrogens is 444 g/mol. The summed E-state index contributed by atoms with van der Waals surface area (Å²) < 4.78 is 25.9. The van der Waals surface area contributed by atoms with Crippen molar-refractivity contribution in [1.82, 2.24) is 14.9 Å². The van der Waals surface area contributed by atoms with Crippen molar-refractivity contribution in [2.24, 2.45) is 0 Å². The molecule has 0 aliphatic carbocycles. The normalized spacial score (nSPS) is 19.4. The summed E-state index contributed by atoms with van der Waals surface area (Å²) in [5.74, 6) is -0.628. The molecule has 2 aliphatic heterocycles. The minimum absolute atomic E-state index is 0.273. The van der Waals surface area contributed by atoms with Gasteiger partial charge in [0.15, 0.2) is 0 Å². The van der Waals surface area contributed by atoms with Gasteiger partial charge in [-0.1, -0.05) is 23.7 Å². The fourth-order valence-electron chi connectivity index (χ4n) is 4.09. The molecule has 1 unspecified atom stereocenters. The number of imide groups is 1. The Morgan fingerprint density at radius 3 is 2.50 bits per heavy atom. The average Bonchev–Trinajstić information content (AvgIpc) is 2.76. The third-order valence-corrected chi connectivity index (χ3v) is 6.18. The molecule has 2 fully saturated rings. The minimum atomic E-state index is -2.62. The van der Waals surface area contributed by atoms with E-state index >= 15 is 0 Å². The molecule has 3 heterocycles. The van der Waals surface area contributed by atoms with E-state index < -0.39 is 24.4 Å². The van der Waals surface area contributed by atoms with Crippen LogP contribution >= 0.6 is 11.6 Å².